The van der Waals surface area contributed by atoms with Gasteiger partial charge in [0.1, 0.15) is 11.9 Å². The van der Waals surface area contributed by atoms with E-state index in [0.717, 1.165) is 0 Å². The molecule has 0 aliphatic carbocycles. The van der Waals surface area contributed by atoms with Crippen molar-refractivity contribution < 1.29 is 32.2 Å². The first kappa shape index (κ1) is 22.2. The van der Waals surface area contributed by atoms with Crippen LogP contribution in [0.2, 0.25) is 0 Å². The summed E-state index contributed by atoms with van der Waals surface area (Å²) < 4.78 is 51.2. The lowest BCUT2D eigenvalue weighted by molar-refractivity contribution is -0.304. The van der Waals surface area contributed by atoms with E-state index in [-0.39, 0.29) is 12.5 Å². The summed E-state index contributed by atoms with van der Waals surface area (Å²) in [6.45, 7) is 9.04. The van der Waals surface area contributed by atoms with Crippen molar-refractivity contribution in [1.82, 2.24) is 10.6 Å². The van der Waals surface area contributed by atoms with Crippen LogP contribution in [0.4, 0.5) is 13.2 Å². The summed E-state index contributed by atoms with van der Waals surface area (Å²) >= 11 is 0. The molecule has 156 valence electrons. The maximum atomic E-state index is 13.7. The largest absolute Gasteiger partial charge is 0.352 e. The van der Waals surface area contributed by atoms with Gasteiger partial charge in [0, 0.05) is 24.1 Å². The van der Waals surface area contributed by atoms with E-state index in [9.17, 15) is 22.8 Å². The van der Waals surface area contributed by atoms with Crippen LogP contribution in [0.15, 0.2) is 12.1 Å². The van der Waals surface area contributed by atoms with Crippen molar-refractivity contribution in [2.24, 2.45) is 5.41 Å². The minimum atomic E-state index is -1.38. The van der Waals surface area contributed by atoms with E-state index < -0.39 is 52.3 Å². The molecule has 28 heavy (non-hydrogen) atoms. The maximum absolute atomic E-state index is 13.7. The van der Waals surface area contributed by atoms with Crippen LogP contribution in [-0.4, -0.2) is 42.9 Å². The Balaban J connectivity index is 1.94. The van der Waals surface area contributed by atoms with Gasteiger partial charge in [-0.3, -0.25) is 9.59 Å². The van der Waals surface area contributed by atoms with Gasteiger partial charge >= 0.3 is 0 Å². The highest BCUT2D eigenvalue weighted by molar-refractivity contribution is 5.94. The van der Waals surface area contributed by atoms with Crippen LogP contribution < -0.4 is 10.6 Å². The molecular formula is C19H25F3N2O4. The lowest BCUT2D eigenvalue weighted by Crippen LogP contribution is -2.57. The number of benzene rings is 1. The molecule has 0 aromatic heterocycles. The number of ether oxygens (including phenoxy) is 2. The van der Waals surface area contributed by atoms with Crippen LogP contribution in [0.5, 0.6) is 0 Å². The molecule has 1 saturated heterocycles. The van der Waals surface area contributed by atoms with Crippen LogP contribution in [0, 0.1) is 22.9 Å². The molecule has 2 rings (SSSR count). The fourth-order valence-electron chi connectivity index (χ4n) is 2.72. The molecule has 1 heterocycles. The van der Waals surface area contributed by atoms with Crippen molar-refractivity contribution in [3.63, 3.8) is 0 Å². The number of nitrogens with one attached hydrogen (secondary N) is 2. The average molecular weight is 402 g/mol. The van der Waals surface area contributed by atoms with Gasteiger partial charge in [-0.1, -0.05) is 13.8 Å². The molecule has 0 radical (unpaired) electrons. The van der Waals surface area contributed by atoms with Gasteiger partial charge in [-0.2, -0.15) is 0 Å². The molecule has 1 aliphatic rings. The summed E-state index contributed by atoms with van der Waals surface area (Å²) in [5.74, 6) is -6.07. The molecule has 6 nitrogen and oxygen atoms in total. The first-order chi connectivity index (χ1) is 12.8. The quantitative estimate of drug-likeness (QED) is 0.742. The molecule has 2 amide bonds. The Morgan fingerprint density at radius 2 is 1.75 bits per heavy atom. The first-order valence-corrected chi connectivity index (χ1v) is 8.87. The Kier molecular flexibility index (Phi) is 6.40. The van der Waals surface area contributed by atoms with E-state index in [0.29, 0.717) is 18.7 Å². The number of hydrogen-bond acceptors (Lipinski definition) is 4. The Morgan fingerprint density at radius 3 is 2.39 bits per heavy atom. The predicted octanol–water partition coefficient (Wildman–Crippen LogP) is 2.52. The summed E-state index contributed by atoms with van der Waals surface area (Å²) in [4.78, 5) is 24.6. The van der Waals surface area contributed by atoms with E-state index in [2.05, 4.69) is 10.6 Å². The van der Waals surface area contributed by atoms with E-state index >= 15 is 0 Å². The Labute approximate surface area is 161 Å². The van der Waals surface area contributed by atoms with Gasteiger partial charge < -0.3 is 20.1 Å². The van der Waals surface area contributed by atoms with Crippen LogP contribution >= 0.6 is 0 Å². The summed E-state index contributed by atoms with van der Waals surface area (Å²) in [6, 6.07) is 0.203. The predicted molar refractivity (Wildman–Crippen MR) is 94.9 cm³/mol. The zero-order valence-electron chi connectivity index (χ0n) is 16.5. The fraction of sp³-hybridized carbons (Fsp3) is 0.579. The van der Waals surface area contributed by atoms with Gasteiger partial charge in [0.15, 0.2) is 17.4 Å². The standard InChI is InChI=1S/C19H25F3N2O4/c1-10(24-16(25)11-6-13(21)14(22)7-12(11)20)8-23-17(26)15-18(2,3)9-27-19(4,5)28-15/h6-7,10,15H,8-9H2,1-5H3,(H,23,26)(H,24,25)/t10-,15-/m0/s1. The SMILES string of the molecule is C[C@@H](CNC(=O)[C@@H]1OC(C)(C)OCC1(C)C)NC(=O)c1cc(F)c(F)cc1F. The molecule has 0 unspecified atom stereocenters. The van der Waals surface area contributed by atoms with Gasteiger partial charge in [0.25, 0.3) is 5.91 Å². The van der Waals surface area contributed by atoms with Crippen molar-refractivity contribution in [1.29, 1.82) is 0 Å². The molecule has 0 bridgehead atoms. The number of rotatable bonds is 5. The third-order valence-electron chi connectivity index (χ3n) is 4.36. The summed E-state index contributed by atoms with van der Waals surface area (Å²) in [5.41, 5.74) is -1.17. The van der Waals surface area contributed by atoms with Crippen molar-refractivity contribution in [2.45, 2.75) is 52.6 Å². The van der Waals surface area contributed by atoms with Crippen molar-refractivity contribution >= 4 is 11.8 Å². The Hall–Kier alpha value is -2.13. The molecule has 1 aromatic carbocycles. The molecule has 1 aromatic rings. The molecule has 2 N–H and O–H groups in total. The van der Waals surface area contributed by atoms with Crippen LogP contribution in [0.3, 0.4) is 0 Å². The highest BCUT2D eigenvalue weighted by atomic mass is 19.2. The van der Waals surface area contributed by atoms with Gasteiger partial charge in [-0.15, -0.1) is 0 Å². The second-order valence-electron chi connectivity index (χ2n) is 8.04. The van der Waals surface area contributed by atoms with Crippen molar-refractivity contribution in [3.8, 4) is 0 Å². The Morgan fingerprint density at radius 1 is 1.14 bits per heavy atom. The van der Waals surface area contributed by atoms with Crippen LogP contribution in [-0.2, 0) is 14.3 Å². The summed E-state index contributed by atoms with van der Waals surface area (Å²) in [5, 5.41) is 5.11. The smallest absolute Gasteiger partial charge is 0.254 e. The molecule has 1 fully saturated rings. The van der Waals surface area contributed by atoms with E-state index in [4.69, 9.17) is 9.47 Å². The van der Waals surface area contributed by atoms with Crippen LogP contribution in [0.1, 0.15) is 45.0 Å². The number of hydrogen-bond donors (Lipinski definition) is 2. The van der Waals surface area contributed by atoms with Crippen molar-refractivity contribution in [3.05, 3.63) is 35.1 Å². The molecule has 0 saturated carbocycles. The zero-order valence-corrected chi connectivity index (χ0v) is 16.5. The highest BCUT2D eigenvalue weighted by Gasteiger charge is 2.45. The first-order valence-electron chi connectivity index (χ1n) is 8.87. The monoisotopic (exact) mass is 402 g/mol. The van der Waals surface area contributed by atoms with Gasteiger partial charge in [0.2, 0.25) is 5.91 Å². The fourth-order valence-corrected chi connectivity index (χ4v) is 2.72. The molecular weight excluding hydrogens is 377 g/mol. The van der Waals surface area contributed by atoms with Gasteiger partial charge in [-0.25, -0.2) is 13.2 Å². The lowest BCUT2D eigenvalue weighted by atomic mass is 9.85. The third kappa shape index (κ3) is 5.23. The summed E-state index contributed by atoms with van der Waals surface area (Å²) in [6.07, 6.45) is -0.761. The lowest BCUT2D eigenvalue weighted by Gasteiger charge is -2.44. The molecule has 9 heteroatoms. The summed E-state index contributed by atoms with van der Waals surface area (Å²) in [7, 11) is 0. The Bertz CT molecular complexity index is 768. The molecule has 0 spiro atoms. The second-order valence-corrected chi connectivity index (χ2v) is 8.04. The highest BCUT2D eigenvalue weighted by Crippen LogP contribution is 2.34. The normalized spacial score (nSPS) is 21.6. The van der Waals surface area contributed by atoms with Gasteiger partial charge in [-0.05, 0) is 26.8 Å². The van der Waals surface area contributed by atoms with Crippen LogP contribution in [0.25, 0.3) is 0 Å². The van der Waals surface area contributed by atoms with E-state index in [1.807, 2.05) is 13.8 Å². The number of carbonyl (C=O) groups is 2. The number of carbonyl (C=O) groups excluding carboxylic acids is 2. The van der Waals surface area contributed by atoms with Crippen molar-refractivity contribution in [2.75, 3.05) is 13.2 Å². The molecule has 2 atom stereocenters. The number of amides is 2. The third-order valence-corrected chi connectivity index (χ3v) is 4.36. The minimum Gasteiger partial charge on any atom is -0.352 e. The zero-order chi connectivity index (χ0) is 21.3. The minimum absolute atomic E-state index is 0.0348. The topological polar surface area (TPSA) is 76.7 Å². The van der Waals surface area contributed by atoms with Gasteiger partial charge in [0.05, 0.1) is 12.2 Å². The average Bonchev–Trinajstić information content (AvgIpc) is 2.58. The molecule has 1 aliphatic heterocycles. The number of halogens is 3. The van der Waals surface area contributed by atoms with E-state index in [1.165, 1.54) is 0 Å². The second kappa shape index (κ2) is 8.08. The van der Waals surface area contributed by atoms with E-state index in [1.54, 1.807) is 20.8 Å². The maximum Gasteiger partial charge on any atom is 0.254 e.